The molecule has 2 aliphatic rings. The van der Waals surface area contributed by atoms with E-state index in [1.807, 2.05) is 0 Å². The molecule has 0 aromatic heterocycles. The summed E-state index contributed by atoms with van der Waals surface area (Å²) in [7, 11) is 1.76. The number of rotatable bonds is 6. The molecule has 0 aromatic rings. The summed E-state index contributed by atoms with van der Waals surface area (Å²) < 4.78 is 5.27. The van der Waals surface area contributed by atoms with Crippen molar-refractivity contribution < 1.29 is 9.84 Å². The van der Waals surface area contributed by atoms with Gasteiger partial charge in [-0.25, -0.2) is 0 Å². The predicted octanol–water partition coefficient (Wildman–Crippen LogP) is 2.33. The largest absolute Gasteiger partial charge is 0.389 e. The van der Waals surface area contributed by atoms with Gasteiger partial charge in [0.05, 0.1) is 12.2 Å². The molecule has 18 heavy (non-hydrogen) atoms. The summed E-state index contributed by atoms with van der Waals surface area (Å²) in [4.78, 5) is 0. The second-order valence-corrected chi connectivity index (χ2v) is 7.17. The SMILES string of the molecule is COCC(NCC1(O)CCC(C)(C)CC1)C1CC1. The van der Waals surface area contributed by atoms with Crippen LogP contribution in [0.2, 0.25) is 0 Å². The number of ether oxygens (including phenoxy) is 1. The molecule has 2 saturated carbocycles. The number of nitrogens with one attached hydrogen (secondary N) is 1. The molecule has 3 heteroatoms. The third-order valence-electron chi connectivity index (χ3n) is 4.76. The fourth-order valence-electron chi connectivity index (χ4n) is 2.93. The van der Waals surface area contributed by atoms with Gasteiger partial charge in [0.2, 0.25) is 0 Å². The van der Waals surface area contributed by atoms with Crippen molar-refractivity contribution in [3.8, 4) is 0 Å². The molecule has 3 nitrogen and oxygen atoms in total. The highest BCUT2D eigenvalue weighted by Crippen LogP contribution is 2.40. The lowest BCUT2D eigenvalue weighted by Gasteiger charge is -2.41. The first kappa shape index (κ1) is 14.3. The van der Waals surface area contributed by atoms with Crippen molar-refractivity contribution in [2.75, 3.05) is 20.3 Å². The van der Waals surface area contributed by atoms with Gasteiger partial charge in [-0.3, -0.25) is 0 Å². The molecule has 0 heterocycles. The Morgan fingerprint density at radius 3 is 2.33 bits per heavy atom. The van der Waals surface area contributed by atoms with E-state index in [1.54, 1.807) is 7.11 Å². The smallest absolute Gasteiger partial charge is 0.0772 e. The molecule has 0 aromatic carbocycles. The van der Waals surface area contributed by atoms with E-state index >= 15 is 0 Å². The van der Waals surface area contributed by atoms with E-state index in [0.29, 0.717) is 11.5 Å². The van der Waals surface area contributed by atoms with Crippen molar-refractivity contribution in [2.45, 2.75) is 64.0 Å². The molecule has 0 bridgehead atoms. The van der Waals surface area contributed by atoms with Crippen LogP contribution in [0.5, 0.6) is 0 Å². The third kappa shape index (κ3) is 3.94. The molecular weight excluding hydrogens is 226 g/mol. The van der Waals surface area contributed by atoms with Gasteiger partial charge >= 0.3 is 0 Å². The Hall–Kier alpha value is -0.120. The zero-order valence-corrected chi connectivity index (χ0v) is 12.2. The Labute approximate surface area is 111 Å². The first-order chi connectivity index (χ1) is 8.44. The van der Waals surface area contributed by atoms with E-state index in [2.05, 4.69) is 19.2 Å². The highest BCUT2D eigenvalue weighted by atomic mass is 16.5. The zero-order valence-electron chi connectivity index (χ0n) is 12.2. The van der Waals surface area contributed by atoms with Gasteiger partial charge in [-0.15, -0.1) is 0 Å². The van der Waals surface area contributed by atoms with Gasteiger partial charge in [-0.1, -0.05) is 13.8 Å². The third-order valence-corrected chi connectivity index (χ3v) is 4.76. The summed E-state index contributed by atoms with van der Waals surface area (Å²) in [5.74, 6) is 0.772. The summed E-state index contributed by atoms with van der Waals surface area (Å²) in [6, 6.07) is 0.439. The molecule has 0 spiro atoms. The van der Waals surface area contributed by atoms with Crippen LogP contribution in [-0.4, -0.2) is 37.0 Å². The summed E-state index contributed by atoms with van der Waals surface area (Å²) in [5, 5.41) is 14.2. The molecule has 2 N–H and O–H groups in total. The Balaban J connectivity index is 1.78. The summed E-state index contributed by atoms with van der Waals surface area (Å²) in [5.41, 5.74) is -0.0783. The van der Waals surface area contributed by atoms with E-state index in [9.17, 15) is 5.11 Å². The molecule has 2 fully saturated rings. The van der Waals surface area contributed by atoms with E-state index < -0.39 is 5.60 Å². The lowest BCUT2D eigenvalue weighted by molar-refractivity contribution is -0.0282. The lowest BCUT2D eigenvalue weighted by Crippen LogP contribution is -2.49. The molecule has 0 radical (unpaired) electrons. The van der Waals surface area contributed by atoms with Crippen LogP contribution in [0.1, 0.15) is 52.4 Å². The van der Waals surface area contributed by atoms with Crippen molar-refractivity contribution in [1.29, 1.82) is 0 Å². The Morgan fingerprint density at radius 2 is 1.83 bits per heavy atom. The molecule has 0 saturated heterocycles. The second-order valence-electron chi connectivity index (χ2n) is 7.17. The Kier molecular flexibility index (Phi) is 4.35. The van der Waals surface area contributed by atoms with Gasteiger partial charge in [0.15, 0.2) is 0 Å². The van der Waals surface area contributed by atoms with E-state index in [1.165, 1.54) is 12.8 Å². The monoisotopic (exact) mass is 255 g/mol. The van der Waals surface area contributed by atoms with Gasteiger partial charge in [-0.05, 0) is 49.9 Å². The minimum absolute atomic E-state index is 0.411. The highest BCUT2D eigenvalue weighted by molar-refractivity contribution is 4.93. The van der Waals surface area contributed by atoms with E-state index in [0.717, 1.165) is 44.8 Å². The van der Waals surface area contributed by atoms with E-state index in [4.69, 9.17) is 4.74 Å². The second kappa shape index (κ2) is 5.48. The topological polar surface area (TPSA) is 41.5 Å². The minimum Gasteiger partial charge on any atom is -0.389 e. The van der Waals surface area contributed by atoms with Crippen molar-refractivity contribution in [3.63, 3.8) is 0 Å². The van der Waals surface area contributed by atoms with Crippen LogP contribution in [0.4, 0.5) is 0 Å². The highest BCUT2D eigenvalue weighted by Gasteiger charge is 2.38. The fraction of sp³-hybridized carbons (Fsp3) is 1.00. The van der Waals surface area contributed by atoms with Crippen molar-refractivity contribution >= 4 is 0 Å². The number of hydrogen-bond donors (Lipinski definition) is 2. The zero-order chi connectivity index (χ0) is 13.2. The average molecular weight is 255 g/mol. The van der Waals surface area contributed by atoms with Gasteiger partial charge in [0.25, 0.3) is 0 Å². The first-order valence-corrected chi connectivity index (χ1v) is 7.39. The van der Waals surface area contributed by atoms with Crippen LogP contribution in [0.25, 0.3) is 0 Å². The number of hydrogen-bond acceptors (Lipinski definition) is 3. The van der Waals surface area contributed by atoms with Crippen LogP contribution < -0.4 is 5.32 Å². The van der Waals surface area contributed by atoms with Gasteiger partial charge in [-0.2, -0.15) is 0 Å². The predicted molar refractivity (Wildman–Crippen MR) is 73.6 cm³/mol. The molecule has 2 rings (SSSR count). The molecule has 0 aliphatic heterocycles. The first-order valence-electron chi connectivity index (χ1n) is 7.39. The van der Waals surface area contributed by atoms with Crippen LogP contribution in [0.15, 0.2) is 0 Å². The van der Waals surface area contributed by atoms with Gasteiger partial charge in [0, 0.05) is 19.7 Å². The summed E-state index contributed by atoms with van der Waals surface area (Å²) >= 11 is 0. The van der Waals surface area contributed by atoms with Crippen LogP contribution in [0.3, 0.4) is 0 Å². The van der Waals surface area contributed by atoms with Gasteiger partial charge in [0.1, 0.15) is 0 Å². The van der Waals surface area contributed by atoms with E-state index in [-0.39, 0.29) is 0 Å². The lowest BCUT2D eigenvalue weighted by atomic mass is 9.71. The molecule has 1 unspecified atom stereocenters. The normalized spacial score (nSPS) is 28.0. The quantitative estimate of drug-likeness (QED) is 0.765. The Morgan fingerprint density at radius 1 is 1.22 bits per heavy atom. The maximum atomic E-state index is 10.6. The van der Waals surface area contributed by atoms with Crippen LogP contribution >= 0.6 is 0 Å². The maximum absolute atomic E-state index is 10.6. The fourth-order valence-corrected chi connectivity index (χ4v) is 2.93. The van der Waals surface area contributed by atoms with Crippen molar-refractivity contribution in [3.05, 3.63) is 0 Å². The number of aliphatic hydroxyl groups is 1. The standard InChI is InChI=1S/C15H29NO2/c1-14(2)6-8-15(17,9-7-14)11-16-13(10-18-3)12-4-5-12/h12-13,16-17H,4-11H2,1-3H3. The summed E-state index contributed by atoms with van der Waals surface area (Å²) in [6.45, 7) is 6.11. The molecule has 1 atom stereocenters. The van der Waals surface area contributed by atoms with Gasteiger partial charge < -0.3 is 15.2 Å². The molecule has 2 aliphatic carbocycles. The van der Waals surface area contributed by atoms with Crippen LogP contribution in [-0.2, 0) is 4.74 Å². The molecule has 0 amide bonds. The average Bonchev–Trinajstić information content (AvgIpc) is 3.13. The summed E-state index contributed by atoms with van der Waals surface area (Å²) in [6.07, 6.45) is 6.74. The number of methoxy groups -OCH3 is 1. The van der Waals surface area contributed by atoms with Crippen LogP contribution in [0, 0.1) is 11.3 Å². The minimum atomic E-state index is -0.490. The van der Waals surface area contributed by atoms with Crippen molar-refractivity contribution in [1.82, 2.24) is 5.32 Å². The maximum Gasteiger partial charge on any atom is 0.0772 e. The Bertz CT molecular complexity index is 264. The molecular formula is C15H29NO2. The van der Waals surface area contributed by atoms with Crippen molar-refractivity contribution in [2.24, 2.45) is 11.3 Å². The molecule has 106 valence electrons.